The summed E-state index contributed by atoms with van der Waals surface area (Å²) < 4.78 is 32.5. The van der Waals surface area contributed by atoms with Crippen molar-refractivity contribution in [3.8, 4) is 5.75 Å². The third-order valence-corrected chi connectivity index (χ3v) is 5.30. The standard InChI is InChI=1S/C20H19N3O4S/c1-14-6-11-17(18(13-14)27-2)20(24)22-15-7-9-16(10-8-15)28(25,26)23-19-5-3-4-12-21-19/h3-13H,1-2H3,(H,21,23)(H,22,24). The summed E-state index contributed by atoms with van der Waals surface area (Å²) in [5, 5.41) is 2.73. The second kappa shape index (κ2) is 8.10. The number of carbonyl (C=O) groups is 1. The van der Waals surface area contributed by atoms with Gasteiger partial charge in [-0.3, -0.25) is 9.52 Å². The van der Waals surface area contributed by atoms with Crippen LogP contribution in [0.3, 0.4) is 0 Å². The second-order valence-corrected chi connectivity index (χ2v) is 7.69. The lowest BCUT2D eigenvalue weighted by Crippen LogP contribution is -2.15. The van der Waals surface area contributed by atoms with Crippen LogP contribution in [0.5, 0.6) is 5.75 Å². The SMILES string of the molecule is COc1cc(C)ccc1C(=O)Nc1ccc(S(=O)(=O)Nc2ccccn2)cc1. The van der Waals surface area contributed by atoms with E-state index in [0.717, 1.165) is 5.56 Å². The summed E-state index contributed by atoms with van der Waals surface area (Å²) in [6.07, 6.45) is 1.50. The third-order valence-electron chi connectivity index (χ3n) is 3.93. The monoisotopic (exact) mass is 397 g/mol. The average Bonchev–Trinajstić information content (AvgIpc) is 2.68. The molecular formula is C20H19N3O4S. The molecule has 3 aromatic rings. The molecule has 0 spiro atoms. The van der Waals surface area contributed by atoms with Crippen LogP contribution in [0, 0.1) is 6.92 Å². The summed E-state index contributed by atoms with van der Waals surface area (Å²) in [6, 6.07) is 16.1. The lowest BCUT2D eigenvalue weighted by Gasteiger charge is -2.11. The summed E-state index contributed by atoms with van der Waals surface area (Å²) in [4.78, 5) is 16.5. The first-order valence-electron chi connectivity index (χ1n) is 8.39. The number of aryl methyl sites for hydroxylation is 1. The maximum Gasteiger partial charge on any atom is 0.263 e. The van der Waals surface area contributed by atoms with E-state index >= 15 is 0 Å². The molecule has 0 fully saturated rings. The molecule has 0 bridgehead atoms. The molecule has 0 radical (unpaired) electrons. The maximum atomic E-state index is 12.5. The summed E-state index contributed by atoms with van der Waals surface area (Å²) in [5.74, 6) is 0.349. The molecule has 0 aliphatic carbocycles. The molecule has 1 amide bonds. The number of anilines is 2. The highest BCUT2D eigenvalue weighted by Crippen LogP contribution is 2.22. The molecule has 2 aromatic carbocycles. The predicted octanol–water partition coefficient (Wildman–Crippen LogP) is 3.45. The van der Waals surface area contributed by atoms with Crippen LogP contribution in [0.1, 0.15) is 15.9 Å². The minimum atomic E-state index is -3.77. The number of sulfonamides is 1. The van der Waals surface area contributed by atoms with Crippen LogP contribution in [0.2, 0.25) is 0 Å². The number of methoxy groups -OCH3 is 1. The van der Waals surface area contributed by atoms with Gasteiger partial charge in [0.1, 0.15) is 11.6 Å². The first-order valence-corrected chi connectivity index (χ1v) is 9.87. The minimum Gasteiger partial charge on any atom is -0.496 e. The fourth-order valence-electron chi connectivity index (χ4n) is 2.52. The topological polar surface area (TPSA) is 97.4 Å². The molecule has 144 valence electrons. The molecule has 0 unspecified atom stereocenters. The number of rotatable bonds is 6. The third kappa shape index (κ3) is 4.47. The van der Waals surface area contributed by atoms with Gasteiger partial charge in [-0.15, -0.1) is 0 Å². The number of carbonyl (C=O) groups excluding carboxylic acids is 1. The predicted molar refractivity (Wildman–Crippen MR) is 107 cm³/mol. The highest BCUT2D eigenvalue weighted by molar-refractivity contribution is 7.92. The van der Waals surface area contributed by atoms with Gasteiger partial charge < -0.3 is 10.1 Å². The van der Waals surface area contributed by atoms with Crippen molar-refractivity contribution in [1.82, 2.24) is 4.98 Å². The summed E-state index contributed by atoms with van der Waals surface area (Å²) in [6.45, 7) is 1.91. The Hall–Kier alpha value is -3.39. The Morgan fingerprint density at radius 3 is 2.43 bits per heavy atom. The zero-order chi connectivity index (χ0) is 20.1. The minimum absolute atomic E-state index is 0.0593. The lowest BCUT2D eigenvalue weighted by molar-refractivity contribution is 0.102. The number of nitrogens with zero attached hydrogens (tertiary/aromatic N) is 1. The van der Waals surface area contributed by atoms with E-state index in [0.29, 0.717) is 17.0 Å². The van der Waals surface area contributed by atoms with E-state index in [-0.39, 0.29) is 16.6 Å². The highest BCUT2D eigenvalue weighted by atomic mass is 32.2. The molecule has 1 heterocycles. The average molecular weight is 397 g/mol. The van der Waals surface area contributed by atoms with Gasteiger partial charge in [0, 0.05) is 11.9 Å². The number of hydrogen-bond acceptors (Lipinski definition) is 5. The quantitative estimate of drug-likeness (QED) is 0.664. The van der Waals surface area contributed by atoms with Crippen molar-refractivity contribution in [2.45, 2.75) is 11.8 Å². The lowest BCUT2D eigenvalue weighted by atomic mass is 10.1. The van der Waals surface area contributed by atoms with Crippen LogP contribution < -0.4 is 14.8 Å². The number of amides is 1. The molecule has 0 aliphatic rings. The van der Waals surface area contributed by atoms with Gasteiger partial charge >= 0.3 is 0 Å². The number of aromatic nitrogens is 1. The van der Waals surface area contributed by atoms with Crippen molar-refractivity contribution in [3.63, 3.8) is 0 Å². The van der Waals surface area contributed by atoms with Crippen molar-refractivity contribution in [3.05, 3.63) is 78.0 Å². The van der Waals surface area contributed by atoms with Gasteiger partial charge in [-0.05, 0) is 61.0 Å². The van der Waals surface area contributed by atoms with E-state index in [2.05, 4.69) is 15.0 Å². The summed E-state index contributed by atoms with van der Waals surface area (Å²) in [5.41, 5.74) is 1.83. The van der Waals surface area contributed by atoms with Crippen molar-refractivity contribution in [1.29, 1.82) is 0 Å². The normalized spacial score (nSPS) is 10.9. The molecule has 7 nitrogen and oxygen atoms in total. The van der Waals surface area contributed by atoms with Crippen LogP contribution in [-0.4, -0.2) is 26.4 Å². The van der Waals surface area contributed by atoms with Crippen LogP contribution in [0.25, 0.3) is 0 Å². The largest absolute Gasteiger partial charge is 0.496 e. The van der Waals surface area contributed by atoms with E-state index in [4.69, 9.17) is 4.74 Å². The van der Waals surface area contributed by atoms with Crippen LogP contribution in [-0.2, 0) is 10.0 Å². The Labute approximate surface area is 163 Å². The van der Waals surface area contributed by atoms with Gasteiger partial charge in [0.2, 0.25) is 0 Å². The smallest absolute Gasteiger partial charge is 0.263 e. The molecule has 3 rings (SSSR count). The van der Waals surface area contributed by atoms with Crippen LogP contribution >= 0.6 is 0 Å². The molecule has 1 aromatic heterocycles. The molecule has 0 saturated carbocycles. The van der Waals surface area contributed by atoms with Crippen molar-refractivity contribution < 1.29 is 17.9 Å². The van der Waals surface area contributed by atoms with Crippen LogP contribution in [0.15, 0.2) is 71.8 Å². The van der Waals surface area contributed by atoms with Crippen LogP contribution in [0.4, 0.5) is 11.5 Å². The summed E-state index contributed by atoms with van der Waals surface area (Å²) >= 11 is 0. The number of ether oxygens (including phenoxy) is 1. The number of benzene rings is 2. The van der Waals surface area contributed by atoms with E-state index in [1.807, 2.05) is 13.0 Å². The second-order valence-electron chi connectivity index (χ2n) is 6.00. The molecule has 0 atom stereocenters. The zero-order valence-corrected chi connectivity index (χ0v) is 16.2. The van der Waals surface area contributed by atoms with Gasteiger partial charge in [-0.1, -0.05) is 12.1 Å². The molecule has 0 aliphatic heterocycles. The number of pyridine rings is 1. The first kappa shape index (κ1) is 19.4. The van der Waals surface area contributed by atoms with Crippen molar-refractivity contribution >= 4 is 27.4 Å². The number of hydrogen-bond donors (Lipinski definition) is 2. The molecule has 0 saturated heterocycles. The van der Waals surface area contributed by atoms with Crippen molar-refractivity contribution in [2.24, 2.45) is 0 Å². The molecule has 2 N–H and O–H groups in total. The van der Waals surface area contributed by atoms with Gasteiger partial charge in [-0.25, -0.2) is 13.4 Å². The summed E-state index contributed by atoms with van der Waals surface area (Å²) in [7, 11) is -2.27. The molecule has 28 heavy (non-hydrogen) atoms. The molecular weight excluding hydrogens is 378 g/mol. The van der Waals surface area contributed by atoms with E-state index < -0.39 is 10.0 Å². The van der Waals surface area contributed by atoms with Gasteiger partial charge in [0.15, 0.2) is 0 Å². The van der Waals surface area contributed by atoms with E-state index in [1.54, 1.807) is 30.3 Å². The Bertz CT molecular complexity index is 1080. The van der Waals surface area contributed by atoms with E-state index in [1.165, 1.54) is 37.6 Å². The Kier molecular flexibility index (Phi) is 5.60. The van der Waals surface area contributed by atoms with Gasteiger partial charge in [0.05, 0.1) is 17.6 Å². The first-order chi connectivity index (χ1) is 13.4. The fourth-order valence-corrected chi connectivity index (χ4v) is 3.53. The number of nitrogens with one attached hydrogen (secondary N) is 2. The zero-order valence-electron chi connectivity index (χ0n) is 15.3. The van der Waals surface area contributed by atoms with Crippen molar-refractivity contribution in [2.75, 3.05) is 17.1 Å². The highest BCUT2D eigenvalue weighted by Gasteiger charge is 2.16. The van der Waals surface area contributed by atoms with E-state index in [9.17, 15) is 13.2 Å². The Balaban J connectivity index is 1.75. The Morgan fingerprint density at radius 2 is 1.79 bits per heavy atom. The molecule has 8 heteroatoms. The van der Waals surface area contributed by atoms with Gasteiger partial charge in [-0.2, -0.15) is 0 Å². The fraction of sp³-hybridized carbons (Fsp3) is 0.100. The maximum absolute atomic E-state index is 12.5. The Morgan fingerprint density at radius 1 is 1.04 bits per heavy atom. The van der Waals surface area contributed by atoms with Gasteiger partial charge in [0.25, 0.3) is 15.9 Å².